The maximum atomic E-state index is 13.5. The molecule has 20 heteroatoms. The van der Waals surface area contributed by atoms with Crippen molar-refractivity contribution in [2.75, 3.05) is 13.1 Å². The molecule has 0 unspecified atom stereocenters. The van der Waals surface area contributed by atoms with Gasteiger partial charge in [0.1, 0.15) is 16.6 Å². The second kappa shape index (κ2) is 20.5. The second-order valence-electron chi connectivity index (χ2n) is 19.5. The highest BCUT2D eigenvalue weighted by Crippen LogP contribution is 2.35. The van der Waals surface area contributed by atoms with Crippen molar-refractivity contribution < 1.29 is 10.9 Å². The first kappa shape index (κ1) is 49.5. The summed E-state index contributed by atoms with van der Waals surface area (Å²) in [6.45, 7) is 8.73. The number of rotatable bonds is 6. The van der Waals surface area contributed by atoms with Crippen molar-refractivity contribution in [2.24, 2.45) is 28.2 Å². The van der Waals surface area contributed by atoms with Crippen molar-refractivity contribution in [3.63, 3.8) is 0 Å². The smallest absolute Gasteiger partial charge is 0.410 e. The quantitative estimate of drug-likeness (QED) is 0.153. The van der Waals surface area contributed by atoms with Crippen LogP contribution in [-0.2, 0) is 32.9 Å². The summed E-state index contributed by atoms with van der Waals surface area (Å²) in [5.41, 5.74) is 12.2. The average Bonchev–Trinajstić information content (AvgIpc) is 4.28. The van der Waals surface area contributed by atoms with Crippen LogP contribution >= 0.6 is 12.4 Å². The standard InChI is InChI=1S/C28H30N8O3.C24H23N7O.C2H6.ClH/c1-28(2,3)39-27(38)35-11-10-19(16-35)36-25-23(34(5)26(36)37)14-30-22-9-8-21(32-24(22)25)17-6-7-20(29-12-17)18-13-31-33(4)15-18;1-29-14-16(12-27-29)18-8-7-15(11-25-18)19-9-10-20-22(28-19)23-21(13-26-20)30(2)24(32)31(23)17-5-3-4-6-17;1-2;/h6-9,12-15,19H,10-11,16H2,1-5H3;7-14,17H,3-6H2,1-2H3;1-2H3;1H/t19-;;;/m0.../s1/i;;1D;. The predicted octanol–water partition coefficient (Wildman–Crippen LogP) is 9.24. The fourth-order valence-corrected chi connectivity index (χ4v) is 9.92. The van der Waals surface area contributed by atoms with E-state index in [2.05, 4.69) is 30.1 Å². The molecular formula is C54H60ClN15O4. The van der Waals surface area contributed by atoms with E-state index >= 15 is 0 Å². The first-order valence-electron chi connectivity index (χ1n) is 25.2. The van der Waals surface area contributed by atoms with E-state index in [1.54, 1.807) is 72.9 Å². The van der Waals surface area contributed by atoms with Gasteiger partial charge < -0.3 is 9.64 Å². The van der Waals surface area contributed by atoms with Crippen LogP contribution in [0.4, 0.5) is 4.79 Å². The zero-order valence-corrected chi connectivity index (χ0v) is 43.6. The number of amides is 1. The molecule has 0 spiro atoms. The molecule has 0 bridgehead atoms. The molecule has 2 fully saturated rings. The fraction of sp³-hybridized carbons (Fsp3) is 0.352. The van der Waals surface area contributed by atoms with Crippen molar-refractivity contribution >= 4 is 62.6 Å². The first-order valence-corrected chi connectivity index (χ1v) is 24.5. The molecule has 1 aliphatic heterocycles. The van der Waals surface area contributed by atoms with Gasteiger partial charge in [0.05, 0.1) is 86.7 Å². The Morgan fingerprint density at radius 2 is 1.07 bits per heavy atom. The van der Waals surface area contributed by atoms with Crippen LogP contribution in [0, 0.1) is 0 Å². The van der Waals surface area contributed by atoms with Gasteiger partial charge >= 0.3 is 17.5 Å². The Balaban J connectivity index is 0.000000175. The van der Waals surface area contributed by atoms with E-state index < -0.39 is 5.60 Å². The van der Waals surface area contributed by atoms with Crippen molar-refractivity contribution in [3.8, 4) is 45.0 Å². The molecule has 12 rings (SSSR count). The molecule has 10 aromatic heterocycles. The lowest BCUT2D eigenvalue weighted by Crippen LogP contribution is -2.36. The van der Waals surface area contributed by atoms with E-state index in [4.69, 9.17) is 16.1 Å². The van der Waals surface area contributed by atoms with Gasteiger partial charge in [-0.3, -0.25) is 47.6 Å². The number of likely N-dealkylation sites (tertiary alicyclic amines) is 1. The van der Waals surface area contributed by atoms with E-state index in [-0.39, 0.29) is 42.0 Å². The third kappa shape index (κ3) is 9.54. The molecule has 382 valence electrons. The van der Waals surface area contributed by atoms with Crippen LogP contribution in [0.25, 0.3) is 89.2 Å². The summed E-state index contributed by atoms with van der Waals surface area (Å²) in [6, 6.07) is 15.7. The third-order valence-corrected chi connectivity index (χ3v) is 13.5. The molecule has 19 nitrogen and oxygen atoms in total. The van der Waals surface area contributed by atoms with Gasteiger partial charge in [0.2, 0.25) is 0 Å². The summed E-state index contributed by atoms with van der Waals surface area (Å²) in [6.07, 6.45) is 19.2. The molecule has 1 saturated heterocycles. The number of hydrogen-bond acceptors (Lipinski definition) is 12. The molecule has 0 radical (unpaired) electrons. The van der Waals surface area contributed by atoms with Crippen LogP contribution in [0.1, 0.15) is 80.2 Å². The minimum Gasteiger partial charge on any atom is -0.444 e. The fourth-order valence-electron chi connectivity index (χ4n) is 9.92. The van der Waals surface area contributed by atoms with Crippen LogP contribution in [-0.4, -0.2) is 97.4 Å². The highest BCUT2D eigenvalue weighted by Gasteiger charge is 2.34. The van der Waals surface area contributed by atoms with Crippen LogP contribution in [0.15, 0.2) is 108 Å². The largest absolute Gasteiger partial charge is 0.444 e. The van der Waals surface area contributed by atoms with E-state index in [0.717, 1.165) is 92.8 Å². The molecule has 1 aliphatic carbocycles. The Morgan fingerprint density at radius 1 is 0.608 bits per heavy atom. The summed E-state index contributed by atoms with van der Waals surface area (Å²) in [5.74, 6) is 0. The lowest BCUT2D eigenvalue weighted by molar-refractivity contribution is 0.0289. The Morgan fingerprint density at radius 3 is 1.49 bits per heavy atom. The number of aryl methyl sites for hydroxylation is 4. The van der Waals surface area contributed by atoms with Gasteiger partial charge in [0.25, 0.3) is 0 Å². The van der Waals surface area contributed by atoms with Gasteiger partial charge in [-0.2, -0.15) is 10.2 Å². The van der Waals surface area contributed by atoms with Crippen LogP contribution < -0.4 is 11.4 Å². The molecular weight excluding hydrogens is 958 g/mol. The highest BCUT2D eigenvalue weighted by atomic mass is 35.5. The van der Waals surface area contributed by atoms with Gasteiger partial charge in [-0.1, -0.05) is 26.7 Å². The number of ether oxygens (including phenoxy) is 1. The first-order chi connectivity index (χ1) is 35.6. The summed E-state index contributed by atoms with van der Waals surface area (Å²) in [4.78, 5) is 69.3. The minimum atomic E-state index is -0.585. The van der Waals surface area contributed by atoms with E-state index in [1.165, 1.54) is 0 Å². The van der Waals surface area contributed by atoms with Crippen molar-refractivity contribution in [2.45, 2.75) is 84.4 Å². The zero-order valence-electron chi connectivity index (χ0n) is 43.8. The van der Waals surface area contributed by atoms with Gasteiger partial charge in [-0.15, -0.1) is 12.4 Å². The molecule has 0 aromatic carbocycles. The SMILES string of the molecule is Cl.Cn1cc(-c2ccc(-c3ccc4ncc5c(c4n3)n(C3CCCC3)c(=O)n5C)cn2)cn1.Cn1cc(-c2ccc(-c3ccc4ncc5c(c4n3)n([C@H]3CCN(C(=O)OC(C)(C)C)C3)c(=O)n5C)cn2)cn1.[2H]CC. The molecule has 1 atom stereocenters. The van der Waals surface area contributed by atoms with E-state index in [1.807, 2.05) is 114 Å². The van der Waals surface area contributed by atoms with Gasteiger partial charge in [0.15, 0.2) is 0 Å². The Kier molecular flexibility index (Phi) is 13.7. The molecule has 74 heavy (non-hydrogen) atoms. The summed E-state index contributed by atoms with van der Waals surface area (Å²) in [7, 11) is 7.31. The number of pyridine rings is 6. The summed E-state index contributed by atoms with van der Waals surface area (Å²) < 4.78 is 22.3. The Hall–Kier alpha value is -8.06. The summed E-state index contributed by atoms with van der Waals surface area (Å²) >= 11 is 0. The van der Waals surface area contributed by atoms with E-state index in [9.17, 15) is 14.4 Å². The van der Waals surface area contributed by atoms with Gasteiger partial charge in [-0.05, 0) is 88.6 Å². The molecule has 1 saturated carbocycles. The van der Waals surface area contributed by atoms with Gasteiger partial charge in [0, 0.05) is 95.7 Å². The number of carbonyl (C=O) groups excluding carboxylic acids is 1. The predicted molar refractivity (Wildman–Crippen MR) is 289 cm³/mol. The maximum absolute atomic E-state index is 13.5. The molecule has 11 heterocycles. The number of halogens is 1. The lowest BCUT2D eigenvalue weighted by Gasteiger charge is -2.24. The maximum Gasteiger partial charge on any atom is 0.410 e. The Bertz CT molecular complexity index is 3820. The number of nitrogens with zero attached hydrogens (tertiary/aromatic N) is 15. The number of aromatic nitrogens is 14. The summed E-state index contributed by atoms with van der Waals surface area (Å²) in [5, 5.41) is 8.43. The Labute approximate surface area is 434 Å². The number of hydrogen-bond donors (Lipinski definition) is 0. The van der Waals surface area contributed by atoms with Crippen molar-refractivity contribution in [1.82, 2.24) is 72.6 Å². The van der Waals surface area contributed by atoms with Crippen LogP contribution in [0.3, 0.4) is 0 Å². The third-order valence-electron chi connectivity index (χ3n) is 13.5. The minimum absolute atomic E-state index is 0. The van der Waals surface area contributed by atoms with Crippen molar-refractivity contribution in [1.29, 1.82) is 0 Å². The monoisotopic (exact) mass is 1020 g/mol. The normalized spacial score (nSPS) is 15.0. The number of fused-ring (bicyclic) bond motifs is 6. The number of carbonyl (C=O) groups is 1. The molecule has 10 aromatic rings. The van der Waals surface area contributed by atoms with Crippen molar-refractivity contribution in [3.05, 3.63) is 119 Å². The lowest BCUT2D eigenvalue weighted by atomic mass is 10.1. The van der Waals surface area contributed by atoms with E-state index in [0.29, 0.717) is 48.5 Å². The zero-order chi connectivity index (χ0) is 52.0. The molecule has 1 amide bonds. The highest BCUT2D eigenvalue weighted by molar-refractivity contribution is 6.01. The molecule has 2 aliphatic rings. The van der Waals surface area contributed by atoms with Crippen LogP contribution in [0.2, 0.25) is 0 Å². The molecule has 0 N–H and O–H groups in total. The average molecular weight is 1020 g/mol. The second-order valence-corrected chi connectivity index (χ2v) is 19.5. The topological polar surface area (TPSA) is 196 Å². The number of imidazole rings is 2. The van der Waals surface area contributed by atoms with Gasteiger partial charge in [-0.25, -0.2) is 24.4 Å². The van der Waals surface area contributed by atoms with Crippen LogP contribution in [0.5, 0.6) is 0 Å².